The molecule has 1 atom stereocenters. The SMILES string of the molecule is C/C(=C/c1sccc1Br)CC1COCCN1. The van der Waals surface area contributed by atoms with Crippen LogP contribution in [0.3, 0.4) is 0 Å². The summed E-state index contributed by atoms with van der Waals surface area (Å²) in [6.45, 7) is 4.83. The number of halogens is 1. The van der Waals surface area contributed by atoms with Crippen LogP contribution in [0.4, 0.5) is 0 Å². The summed E-state index contributed by atoms with van der Waals surface area (Å²) in [5, 5.41) is 5.57. The highest BCUT2D eigenvalue weighted by Gasteiger charge is 2.13. The Kier molecular flexibility index (Phi) is 4.58. The summed E-state index contributed by atoms with van der Waals surface area (Å²) in [6.07, 6.45) is 3.31. The zero-order chi connectivity index (χ0) is 11.4. The molecular weight excluding hydrogens is 286 g/mol. The molecule has 1 aromatic heterocycles. The van der Waals surface area contributed by atoms with Gasteiger partial charge < -0.3 is 10.1 Å². The first-order valence-electron chi connectivity index (χ1n) is 5.47. The maximum atomic E-state index is 5.45. The number of thiophene rings is 1. The van der Waals surface area contributed by atoms with Crippen LogP contribution in [0, 0.1) is 0 Å². The molecule has 0 radical (unpaired) electrons. The predicted octanol–water partition coefficient (Wildman–Crippen LogP) is 3.29. The van der Waals surface area contributed by atoms with E-state index in [0.29, 0.717) is 6.04 Å². The lowest BCUT2D eigenvalue weighted by Gasteiger charge is -2.23. The first-order chi connectivity index (χ1) is 7.75. The molecule has 1 aromatic rings. The molecule has 0 aliphatic carbocycles. The second kappa shape index (κ2) is 5.96. The maximum absolute atomic E-state index is 5.45. The van der Waals surface area contributed by atoms with Gasteiger partial charge in [0.2, 0.25) is 0 Å². The van der Waals surface area contributed by atoms with Gasteiger partial charge in [0.05, 0.1) is 13.2 Å². The molecule has 2 heterocycles. The van der Waals surface area contributed by atoms with E-state index in [-0.39, 0.29) is 0 Å². The highest BCUT2D eigenvalue weighted by molar-refractivity contribution is 9.10. The van der Waals surface area contributed by atoms with Crippen molar-refractivity contribution in [2.75, 3.05) is 19.8 Å². The quantitative estimate of drug-likeness (QED) is 0.925. The second-order valence-electron chi connectivity index (χ2n) is 4.05. The first kappa shape index (κ1) is 12.3. The van der Waals surface area contributed by atoms with Crippen LogP contribution < -0.4 is 5.32 Å². The van der Waals surface area contributed by atoms with E-state index in [1.54, 1.807) is 11.3 Å². The van der Waals surface area contributed by atoms with Gasteiger partial charge in [-0.1, -0.05) is 5.57 Å². The van der Waals surface area contributed by atoms with E-state index in [2.05, 4.69) is 45.7 Å². The molecule has 1 unspecified atom stereocenters. The molecule has 0 amide bonds. The molecule has 1 aliphatic heterocycles. The van der Waals surface area contributed by atoms with E-state index < -0.39 is 0 Å². The predicted molar refractivity (Wildman–Crippen MR) is 72.9 cm³/mol. The summed E-state index contributed by atoms with van der Waals surface area (Å²) < 4.78 is 6.63. The minimum Gasteiger partial charge on any atom is -0.379 e. The number of hydrogen-bond donors (Lipinski definition) is 1. The molecule has 2 rings (SSSR count). The monoisotopic (exact) mass is 301 g/mol. The molecule has 1 aliphatic rings. The minimum atomic E-state index is 0.476. The summed E-state index contributed by atoms with van der Waals surface area (Å²) in [7, 11) is 0. The van der Waals surface area contributed by atoms with E-state index in [1.165, 1.54) is 14.9 Å². The molecule has 4 heteroatoms. The Balaban J connectivity index is 1.94. The topological polar surface area (TPSA) is 21.3 Å². The Morgan fingerprint density at radius 1 is 1.75 bits per heavy atom. The fraction of sp³-hybridized carbons (Fsp3) is 0.500. The molecule has 1 N–H and O–H groups in total. The van der Waals surface area contributed by atoms with Gasteiger partial charge >= 0.3 is 0 Å². The molecule has 0 saturated carbocycles. The van der Waals surface area contributed by atoms with Gasteiger partial charge in [0.25, 0.3) is 0 Å². The van der Waals surface area contributed by atoms with E-state index in [4.69, 9.17) is 4.74 Å². The maximum Gasteiger partial charge on any atom is 0.0623 e. The molecule has 2 nitrogen and oxygen atoms in total. The second-order valence-corrected chi connectivity index (χ2v) is 5.86. The van der Waals surface area contributed by atoms with E-state index in [1.807, 2.05) is 0 Å². The Labute approximate surface area is 109 Å². The van der Waals surface area contributed by atoms with Gasteiger partial charge in [-0.15, -0.1) is 11.3 Å². The van der Waals surface area contributed by atoms with Gasteiger partial charge in [-0.3, -0.25) is 0 Å². The summed E-state index contributed by atoms with van der Waals surface area (Å²) >= 11 is 5.31. The van der Waals surface area contributed by atoms with E-state index >= 15 is 0 Å². The van der Waals surface area contributed by atoms with Crippen LogP contribution in [0.25, 0.3) is 6.08 Å². The summed E-state index contributed by atoms with van der Waals surface area (Å²) in [5.74, 6) is 0. The van der Waals surface area contributed by atoms with Crippen LogP contribution in [0.1, 0.15) is 18.2 Å². The first-order valence-corrected chi connectivity index (χ1v) is 7.14. The molecule has 16 heavy (non-hydrogen) atoms. The number of hydrogen-bond acceptors (Lipinski definition) is 3. The molecule has 1 fully saturated rings. The number of rotatable bonds is 3. The van der Waals surface area contributed by atoms with Gasteiger partial charge in [-0.05, 0) is 46.8 Å². The average Bonchev–Trinajstić information content (AvgIpc) is 2.66. The lowest BCUT2D eigenvalue weighted by atomic mass is 10.1. The van der Waals surface area contributed by atoms with Crippen molar-refractivity contribution in [1.82, 2.24) is 5.32 Å². The average molecular weight is 302 g/mol. The van der Waals surface area contributed by atoms with Crippen molar-refractivity contribution in [3.8, 4) is 0 Å². The normalized spacial score (nSPS) is 22.4. The fourth-order valence-electron chi connectivity index (χ4n) is 1.83. The summed E-state index contributed by atoms with van der Waals surface area (Å²) in [6, 6.07) is 2.56. The third-order valence-corrected chi connectivity index (χ3v) is 4.41. The van der Waals surface area contributed by atoms with Crippen molar-refractivity contribution < 1.29 is 4.74 Å². The minimum absolute atomic E-state index is 0.476. The molecule has 88 valence electrons. The zero-order valence-corrected chi connectivity index (χ0v) is 11.7. The van der Waals surface area contributed by atoms with Gasteiger partial charge in [0, 0.05) is 21.9 Å². The smallest absolute Gasteiger partial charge is 0.0623 e. The largest absolute Gasteiger partial charge is 0.379 e. The number of morpholine rings is 1. The van der Waals surface area contributed by atoms with Crippen molar-refractivity contribution in [1.29, 1.82) is 0 Å². The highest BCUT2D eigenvalue weighted by atomic mass is 79.9. The van der Waals surface area contributed by atoms with Gasteiger partial charge in [0.15, 0.2) is 0 Å². The Morgan fingerprint density at radius 2 is 2.62 bits per heavy atom. The van der Waals surface area contributed by atoms with Gasteiger partial charge in [0.1, 0.15) is 0 Å². The van der Waals surface area contributed by atoms with Crippen LogP contribution in [0.5, 0.6) is 0 Å². The zero-order valence-electron chi connectivity index (χ0n) is 9.33. The van der Waals surface area contributed by atoms with Crippen LogP contribution in [-0.2, 0) is 4.74 Å². The van der Waals surface area contributed by atoms with Crippen molar-refractivity contribution in [3.05, 3.63) is 26.4 Å². The van der Waals surface area contributed by atoms with Crippen molar-refractivity contribution in [2.45, 2.75) is 19.4 Å². The number of ether oxygens (including phenoxy) is 1. The molecule has 0 aromatic carbocycles. The Bertz CT molecular complexity index is 369. The van der Waals surface area contributed by atoms with Gasteiger partial charge in [-0.25, -0.2) is 0 Å². The third kappa shape index (κ3) is 3.42. The summed E-state index contributed by atoms with van der Waals surface area (Å²) in [5.41, 5.74) is 1.39. The van der Waals surface area contributed by atoms with Crippen molar-refractivity contribution >= 4 is 33.3 Å². The highest BCUT2D eigenvalue weighted by Crippen LogP contribution is 2.26. The molecular formula is C12H16BrNOS. The van der Waals surface area contributed by atoms with Crippen LogP contribution >= 0.6 is 27.3 Å². The van der Waals surface area contributed by atoms with Gasteiger partial charge in [-0.2, -0.15) is 0 Å². The molecule has 0 bridgehead atoms. The van der Waals surface area contributed by atoms with Crippen molar-refractivity contribution in [3.63, 3.8) is 0 Å². The number of nitrogens with one attached hydrogen (secondary N) is 1. The van der Waals surface area contributed by atoms with Crippen LogP contribution in [0.2, 0.25) is 0 Å². The lowest BCUT2D eigenvalue weighted by molar-refractivity contribution is 0.0771. The Morgan fingerprint density at radius 3 is 3.25 bits per heavy atom. The summed E-state index contributed by atoms with van der Waals surface area (Å²) in [4.78, 5) is 1.30. The van der Waals surface area contributed by atoms with E-state index in [0.717, 1.165) is 26.2 Å². The Hall–Kier alpha value is -0.160. The molecule has 0 spiro atoms. The van der Waals surface area contributed by atoms with Crippen LogP contribution in [0.15, 0.2) is 21.5 Å². The fourth-order valence-corrected chi connectivity index (χ4v) is 3.33. The van der Waals surface area contributed by atoms with E-state index in [9.17, 15) is 0 Å². The standard InChI is InChI=1S/C12H16BrNOS/c1-9(6-10-8-15-4-3-14-10)7-12-11(13)2-5-16-12/h2,5,7,10,14H,3-4,6,8H2,1H3/b9-7-. The van der Waals surface area contributed by atoms with Crippen molar-refractivity contribution in [2.24, 2.45) is 0 Å². The van der Waals surface area contributed by atoms with Crippen LogP contribution in [-0.4, -0.2) is 25.8 Å². The molecule has 1 saturated heterocycles. The third-order valence-electron chi connectivity index (χ3n) is 2.59. The lowest BCUT2D eigenvalue weighted by Crippen LogP contribution is -2.41.